The Morgan fingerprint density at radius 1 is 1.29 bits per heavy atom. The Labute approximate surface area is 84.3 Å². The van der Waals surface area contributed by atoms with Crippen LogP contribution in [0.1, 0.15) is 5.69 Å². The van der Waals surface area contributed by atoms with Gasteiger partial charge in [-0.25, -0.2) is 0 Å². The maximum absolute atomic E-state index is 11.1. The standard InChI is InChI=1S/C10H6N2OS/c11-6-8-9(14-10(13)12-8)7-4-2-1-3-5-7/h1-5H,(H,12,13). The third-order valence-corrected chi connectivity index (χ3v) is 2.73. The first kappa shape index (κ1) is 8.73. The van der Waals surface area contributed by atoms with Crippen molar-refractivity contribution in [3.05, 3.63) is 45.7 Å². The van der Waals surface area contributed by atoms with Crippen molar-refractivity contribution in [2.24, 2.45) is 0 Å². The molecule has 1 heterocycles. The van der Waals surface area contributed by atoms with E-state index in [4.69, 9.17) is 5.26 Å². The average molecular weight is 202 g/mol. The summed E-state index contributed by atoms with van der Waals surface area (Å²) in [6.07, 6.45) is 0. The van der Waals surface area contributed by atoms with E-state index in [1.165, 1.54) is 0 Å². The van der Waals surface area contributed by atoms with Crippen LogP contribution in [0.25, 0.3) is 10.4 Å². The topological polar surface area (TPSA) is 56.6 Å². The summed E-state index contributed by atoms with van der Waals surface area (Å²) in [5.74, 6) is 0. The monoisotopic (exact) mass is 202 g/mol. The molecule has 1 aromatic carbocycles. The average Bonchev–Trinajstić information content (AvgIpc) is 2.61. The lowest BCUT2D eigenvalue weighted by molar-refractivity contribution is 1.28. The van der Waals surface area contributed by atoms with Gasteiger partial charge in [-0.1, -0.05) is 41.7 Å². The van der Waals surface area contributed by atoms with Gasteiger partial charge in [0.15, 0.2) is 0 Å². The molecule has 0 saturated heterocycles. The molecule has 0 aliphatic carbocycles. The molecule has 3 nitrogen and oxygen atoms in total. The van der Waals surface area contributed by atoms with E-state index in [9.17, 15) is 4.79 Å². The Balaban J connectivity index is 2.64. The van der Waals surface area contributed by atoms with Crippen LogP contribution in [0.5, 0.6) is 0 Å². The molecule has 1 N–H and O–H groups in total. The van der Waals surface area contributed by atoms with Crippen LogP contribution in [0.15, 0.2) is 35.1 Å². The van der Waals surface area contributed by atoms with Crippen molar-refractivity contribution in [2.75, 3.05) is 0 Å². The predicted octanol–water partition coefficient (Wildman–Crippen LogP) is 1.98. The van der Waals surface area contributed by atoms with Crippen LogP contribution in [0.3, 0.4) is 0 Å². The smallest absolute Gasteiger partial charge is 0.304 e. The molecule has 0 amide bonds. The number of nitriles is 1. The predicted molar refractivity (Wildman–Crippen MR) is 55.1 cm³/mol. The fourth-order valence-corrected chi connectivity index (χ4v) is 1.99. The van der Waals surface area contributed by atoms with Gasteiger partial charge in [-0.2, -0.15) is 5.26 Å². The van der Waals surface area contributed by atoms with Crippen molar-refractivity contribution in [1.82, 2.24) is 4.98 Å². The number of benzene rings is 1. The SMILES string of the molecule is N#Cc1[nH]c(=O)sc1-c1ccccc1. The van der Waals surface area contributed by atoms with E-state index in [-0.39, 0.29) is 4.87 Å². The minimum atomic E-state index is -0.194. The van der Waals surface area contributed by atoms with E-state index in [0.717, 1.165) is 16.9 Å². The van der Waals surface area contributed by atoms with Gasteiger partial charge >= 0.3 is 4.87 Å². The highest BCUT2D eigenvalue weighted by atomic mass is 32.1. The van der Waals surface area contributed by atoms with Gasteiger partial charge in [0.1, 0.15) is 11.8 Å². The number of thiazole rings is 1. The highest BCUT2D eigenvalue weighted by Crippen LogP contribution is 2.23. The molecule has 0 unspecified atom stereocenters. The van der Waals surface area contributed by atoms with Crippen molar-refractivity contribution in [2.45, 2.75) is 0 Å². The quantitative estimate of drug-likeness (QED) is 0.768. The molecule has 0 bridgehead atoms. The number of aromatic nitrogens is 1. The van der Waals surface area contributed by atoms with Crippen molar-refractivity contribution >= 4 is 11.3 Å². The number of nitrogens with one attached hydrogen (secondary N) is 1. The third kappa shape index (κ3) is 1.45. The molecule has 2 aromatic rings. The number of H-pyrrole nitrogens is 1. The molecule has 0 saturated carbocycles. The van der Waals surface area contributed by atoms with E-state index in [0.29, 0.717) is 10.6 Å². The molecule has 0 spiro atoms. The molecule has 14 heavy (non-hydrogen) atoms. The van der Waals surface area contributed by atoms with Gasteiger partial charge in [0.05, 0.1) is 4.88 Å². The fraction of sp³-hybridized carbons (Fsp3) is 0. The zero-order valence-electron chi connectivity index (χ0n) is 7.15. The molecule has 1 aromatic heterocycles. The number of aromatic amines is 1. The first-order valence-electron chi connectivity index (χ1n) is 4.00. The van der Waals surface area contributed by atoms with Gasteiger partial charge in [0, 0.05) is 0 Å². The first-order chi connectivity index (χ1) is 6.81. The molecular weight excluding hydrogens is 196 g/mol. The Kier molecular flexibility index (Phi) is 2.17. The van der Waals surface area contributed by atoms with Gasteiger partial charge < -0.3 is 4.98 Å². The zero-order valence-corrected chi connectivity index (χ0v) is 7.97. The van der Waals surface area contributed by atoms with E-state index in [1.54, 1.807) is 0 Å². The van der Waals surface area contributed by atoms with E-state index in [1.807, 2.05) is 36.4 Å². The molecular formula is C10H6N2OS. The highest BCUT2D eigenvalue weighted by molar-refractivity contribution is 7.13. The van der Waals surface area contributed by atoms with Gasteiger partial charge in [0.25, 0.3) is 0 Å². The number of nitrogens with zero attached hydrogens (tertiary/aromatic N) is 1. The summed E-state index contributed by atoms with van der Waals surface area (Å²) in [4.78, 5) is 14.1. The maximum Gasteiger partial charge on any atom is 0.306 e. The molecule has 4 heteroatoms. The van der Waals surface area contributed by atoms with Crippen LogP contribution >= 0.6 is 11.3 Å². The highest BCUT2D eigenvalue weighted by Gasteiger charge is 2.08. The van der Waals surface area contributed by atoms with Gasteiger partial charge in [-0.15, -0.1) is 0 Å². The van der Waals surface area contributed by atoms with Crippen molar-refractivity contribution in [3.63, 3.8) is 0 Å². The molecule has 0 aliphatic heterocycles. The Hall–Kier alpha value is -1.86. The summed E-state index contributed by atoms with van der Waals surface area (Å²) >= 11 is 1.06. The van der Waals surface area contributed by atoms with Gasteiger partial charge in [-0.3, -0.25) is 4.79 Å². The van der Waals surface area contributed by atoms with Crippen LogP contribution in [0.2, 0.25) is 0 Å². The van der Waals surface area contributed by atoms with E-state index >= 15 is 0 Å². The molecule has 68 valence electrons. The largest absolute Gasteiger partial charge is 0.306 e. The van der Waals surface area contributed by atoms with Crippen LogP contribution in [-0.4, -0.2) is 4.98 Å². The number of hydrogen-bond donors (Lipinski definition) is 1. The second-order valence-corrected chi connectivity index (χ2v) is 3.68. The fourth-order valence-electron chi connectivity index (χ4n) is 1.20. The maximum atomic E-state index is 11.1. The summed E-state index contributed by atoms with van der Waals surface area (Å²) in [5, 5.41) is 8.78. The molecule has 2 rings (SSSR count). The Morgan fingerprint density at radius 3 is 2.64 bits per heavy atom. The number of rotatable bonds is 1. The normalized spacial score (nSPS) is 9.64. The van der Waals surface area contributed by atoms with Gasteiger partial charge in [0.2, 0.25) is 0 Å². The minimum Gasteiger partial charge on any atom is -0.304 e. The van der Waals surface area contributed by atoms with Gasteiger partial charge in [-0.05, 0) is 5.56 Å². The zero-order chi connectivity index (χ0) is 9.97. The van der Waals surface area contributed by atoms with Crippen molar-refractivity contribution < 1.29 is 0 Å². The van der Waals surface area contributed by atoms with E-state index in [2.05, 4.69) is 4.98 Å². The third-order valence-electron chi connectivity index (χ3n) is 1.80. The van der Waals surface area contributed by atoms with Crippen LogP contribution in [0.4, 0.5) is 0 Å². The lowest BCUT2D eigenvalue weighted by atomic mass is 10.2. The summed E-state index contributed by atoms with van der Waals surface area (Å²) in [5.41, 5.74) is 1.23. The summed E-state index contributed by atoms with van der Waals surface area (Å²) in [6, 6.07) is 11.4. The van der Waals surface area contributed by atoms with Crippen LogP contribution in [0, 0.1) is 11.3 Å². The molecule has 0 aliphatic rings. The van der Waals surface area contributed by atoms with Crippen molar-refractivity contribution in [3.8, 4) is 16.5 Å². The first-order valence-corrected chi connectivity index (χ1v) is 4.81. The Morgan fingerprint density at radius 2 is 2.00 bits per heavy atom. The van der Waals surface area contributed by atoms with Crippen LogP contribution < -0.4 is 4.87 Å². The summed E-state index contributed by atoms with van der Waals surface area (Å²) in [7, 11) is 0. The molecule has 0 fully saturated rings. The Bertz CT molecular complexity index is 533. The minimum absolute atomic E-state index is 0.194. The number of hydrogen-bond acceptors (Lipinski definition) is 3. The summed E-state index contributed by atoms with van der Waals surface area (Å²) < 4.78 is 0. The lowest BCUT2D eigenvalue weighted by Gasteiger charge is -1.94. The molecule has 0 radical (unpaired) electrons. The second kappa shape index (κ2) is 3.48. The molecule has 0 atom stereocenters. The van der Waals surface area contributed by atoms with E-state index < -0.39 is 0 Å². The van der Waals surface area contributed by atoms with Crippen LogP contribution in [-0.2, 0) is 0 Å². The lowest BCUT2D eigenvalue weighted by Crippen LogP contribution is -1.91. The van der Waals surface area contributed by atoms with Crippen molar-refractivity contribution in [1.29, 1.82) is 5.26 Å². The summed E-state index contributed by atoms with van der Waals surface area (Å²) in [6.45, 7) is 0. The second-order valence-electron chi connectivity index (χ2n) is 2.70.